The summed E-state index contributed by atoms with van der Waals surface area (Å²) >= 11 is 0. The number of rotatable bonds is 3. The van der Waals surface area contributed by atoms with Crippen molar-refractivity contribution in [3.05, 3.63) is 23.8 Å². The van der Waals surface area contributed by atoms with Gasteiger partial charge in [0.1, 0.15) is 0 Å². The van der Waals surface area contributed by atoms with Crippen LogP contribution in [0.1, 0.15) is 60.3 Å². The highest BCUT2D eigenvalue weighted by molar-refractivity contribution is 6.01. The minimum absolute atomic E-state index is 0.194. The second kappa shape index (κ2) is 7.39. The van der Waals surface area contributed by atoms with E-state index >= 15 is 4.39 Å². The molecule has 4 rings (SSSR count). The summed E-state index contributed by atoms with van der Waals surface area (Å²) in [6.07, 6.45) is 2.26. The highest BCUT2D eigenvalue weighted by Gasteiger charge is 2.77. The molecule has 0 bridgehead atoms. The highest BCUT2D eigenvalue weighted by Crippen LogP contribution is 2.71. The molecule has 3 saturated carbocycles. The molecule has 3 fully saturated rings. The van der Waals surface area contributed by atoms with Crippen molar-refractivity contribution in [1.29, 1.82) is 0 Å². The maximum absolute atomic E-state index is 17.1. The molecule has 0 aliphatic heterocycles. The molecule has 0 unspecified atom stereocenters. The summed E-state index contributed by atoms with van der Waals surface area (Å²) in [7, 11) is 0. The van der Waals surface area contributed by atoms with Crippen molar-refractivity contribution in [2.75, 3.05) is 0 Å². The topological polar surface area (TPSA) is 110 Å². The molecule has 7 nitrogen and oxygen atoms in total. The van der Waals surface area contributed by atoms with E-state index in [-0.39, 0.29) is 12.2 Å². The third kappa shape index (κ3) is 2.92. The van der Waals surface area contributed by atoms with Gasteiger partial charge in [0.2, 0.25) is 5.60 Å². The van der Waals surface area contributed by atoms with Gasteiger partial charge in [-0.2, -0.15) is 0 Å². The summed E-state index contributed by atoms with van der Waals surface area (Å²) in [4.78, 5) is 37.2. The number of carbonyl (C=O) groups is 3. The molecule has 4 aliphatic rings. The maximum atomic E-state index is 17.1. The molecule has 0 heterocycles. The lowest BCUT2D eigenvalue weighted by Crippen LogP contribution is -2.69. The molecule has 8 heteroatoms. The van der Waals surface area contributed by atoms with Crippen molar-refractivity contribution >= 4 is 17.9 Å². The predicted molar refractivity (Wildman–Crippen MR) is 116 cm³/mol. The molecular weight excluding hydrogens is 431 g/mol. The van der Waals surface area contributed by atoms with Gasteiger partial charge in [-0.05, 0) is 64.5 Å². The van der Waals surface area contributed by atoms with Crippen LogP contribution in [0.4, 0.5) is 9.18 Å². The predicted octanol–water partition coefficient (Wildman–Crippen LogP) is 3.99. The molecule has 4 aliphatic carbocycles. The average molecular weight is 465 g/mol. The monoisotopic (exact) mass is 464 g/mol. The number of carboxylic acid groups (broad SMARTS) is 1. The van der Waals surface area contributed by atoms with Crippen LogP contribution >= 0.6 is 0 Å². The molecule has 0 aromatic heterocycles. The SMILES string of the molecule is CC(C)OC(=O)O[C@]1(C(=O)O)[C@@H](C)C[C@H]2[C@@H]3CCC4=CC(=O)C=C[C@]4(C)[C@@]3(F)[C@@H](O)C[C@@]21C. The first-order chi connectivity index (χ1) is 15.2. The molecule has 0 amide bonds. The van der Waals surface area contributed by atoms with Crippen LogP contribution in [0.3, 0.4) is 0 Å². The van der Waals surface area contributed by atoms with E-state index in [4.69, 9.17) is 9.47 Å². The van der Waals surface area contributed by atoms with Crippen LogP contribution in [0, 0.1) is 28.6 Å². The minimum Gasteiger partial charge on any atom is -0.478 e. The fourth-order valence-corrected chi connectivity index (χ4v) is 7.60. The van der Waals surface area contributed by atoms with Crippen LogP contribution < -0.4 is 0 Å². The van der Waals surface area contributed by atoms with Crippen molar-refractivity contribution in [3.63, 3.8) is 0 Å². The Kier molecular flexibility index (Phi) is 5.36. The number of ether oxygens (including phenoxy) is 2. The van der Waals surface area contributed by atoms with Gasteiger partial charge in [0, 0.05) is 22.7 Å². The van der Waals surface area contributed by atoms with Gasteiger partial charge >= 0.3 is 12.1 Å². The second-order valence-electron chi connectivity index (χ2n) is 11.0. The lowest BCUT2D eigenvalue weighted by atomic mass is 9.45. The lowest BCUT2D eigenvalue weighted by molar-refractivity contribution is -0.228. The van der Waals surface area contributed by atoms with Crippen LogP contribution in [0.2, 0.25) is 0 Å². The fraction of sp³-hybridized carbons (Fsp3) is 0.720. The first-order valence-electron chi connectivity index (χ1n) is 11.7. The molecule has 0 radical (unpaired) electrons. The number of carbonyl (C=O) groups excluding carboxylic acids is 2. The normalized spacial score (nSPS) is 46.2. The minimum atomic E-state index is -2.08. The van der Waals surface area contributed by atoms with Crippen molar-refractivity contribution in [3.8, 4) is 0 Å². The standard InChI is InChI=1S/C25H33FO7/c1-13(2)32-21(31)33-25(20(29)30)14(3)10-18-17-7-6-15-11-16(27)8-9-22(15,4)24(17,26)19(28)12-23(18,25)5/h8-9,11,13-14,17-19,28H,6-7,10,12H2,1-5H3,(H,29,30)/t14-,17-,18-,19-,22-,23-,24-,25-/m0/s1. The van der Waals surface area contributed by atoms with Crippen molar-refractivity contribution in [2.45, 2.75) is 83.8 Å². The van der Waals surface area contributed by atoms with Crippen LogP contribution in [-0.4, -0.2) is 51.6 Å². The number of fused-ring (bicyclic) bond motifs is 5. The van der Waals surface area contributed by atoms with E-state index < -0.39 is 64.2 Å². The molecule has 33 heavy (non-hydrogen) atoms. The molecule has 182 valence electrons. The number of ketones is 1. The van der Waals surface area contributed by atoms with Crippen molar-refractivity contribution in [2.24, 2.45) is 28.6 Å². The number of aliphatic hydroxyl groups is 1. The summed E-state index contributed by atoms with van der Waals surface area (Å²) < 4.78 is 27.8. The van der Waals surface area contributed by atoms with E-state index in [9.17, 15) is 24.6 Å². The quantitative estimate of drug-likeness (QED) is 0.608. The number of hydrogen-bond donors (Lipinski definition) is 2. The Balaban J connectivity index is 1.80. The molecule has 8 atom stereocenters. The molecule has 0 aromatic carbocycles. The Morgan fingerprint density at radius 3 is 2.52 bits per heavy atom. The van der Waals surface area contributed by atoms with E-state index in [1.807, 2.05) is 0 Å². The van der Waals surface area contributed by atoms with Crippen LogP contribution in [0.25, 0.3) is 0 Å². The summed E-state index contributed by atoms with van der Waals surface area (Å²) in [6, 6.07) is 0. The van der Waals surface area contributed by atoms with Gasteiger partial charge < -0.3 is 19.7 Å². The summed E-state index contributed by atoms with van der Waals surface area (Å²) in [5.74, 6) is -3.25. The molecule has 0 saturated heterocycles. The second-order valence-corrected chi connectivity index (χ2v) is 11.0. The highest BCUT2D eigenvalue weighted by atomic mass is 19.1. The summed E-state index contributed by atoms with van der Waals surface area (Å²) in [5, 5.41) is 21.7. The molecule has 2 N–H and O–H groups in total. The Hall–Kier alpha value is -2.22. The van der Waals surface area contributed by atoms with E-state index in [1.54, 1.807) is 40.7 Å². The number of carboxylic acids is 1. The van der Waals surface area contributed by atoms with Crippen LogP contribution in [0.15, 0.2) is 23.8 Å². The third-order valence-electron chi connectivity index (χ3n) is 9.08. The van der Waals surface area contributed by atoms with E-state index in [1.165, 1.54) is 12.2 Å². The number of aliphatic hydroxyl groups excluding tert-OH is 1. The van der Waals surface area contributed by atoms with Gasteiger partial charge in [-0.3, -0.25) is 4.79 Å². The van der Waals surface area contributed by atoms with Gasteiger partial charge in [0.25, 0.3) is 0 Å². The molecular formula is C25H33FO7. The van der Waals surface area contributed by atoms with Crippen LogP contribution in [0.5, 0.6) is 0 Å². The van der Waals surface area contributed by atoms with E-state index in [2.05, 4.69) is 0 Å². The Morgan fingerprint density at radius 1 is 1.24 bits per heavy atom. The number of hydrogen-bond acceptors (Lipinski definition) is 6. The zero-order chi connectivity index (χ0) is 24.6. The smallest absolute Gasteiger partial charge is 0.478 e. The first-order valence-corrected chi connectivity index (χ1v) is 11.7. The average Bonchev–Trinajstić information content (AvgIpc) is 2.91. The van der Waals surface area contributed by atoms with Gasteiger partial charge in [0.15, 0.2) is 11.5 Å². The number of alkyl halides is 1. The molecule has 0 aromatic rings. The lowest BCUT2D eigenvalue weighted by Gasteiger charge is -2.62. The molecule has 0 spiro atoms. The van der Waals surface area contributed by atoms with E-state index in [0.29, 0.717) is 24.8 Å². The van der Waals surface area contributed by atoms with Crippen molar-refractivity contribution < 1.29 is 38.5 Å². The zero-order valence-corrected chi connectivity index (χ0v) is 19.8. The van der Waals surface area contributed by atoms with E-state index in [0.717, 1.165) is 0 Å². The van der Waals surface area contributed by atoms with Gasteiger partial charge in [0.05, 0.1) is 12.2 Å². The maximum Gasteiger partial charge on any atom is 0.509 e. The number of aliphatic carboxylic acids is 1. The first kappa shape index (κ1) is 23.9. The fourth-order valence-electron chi connectivity index (χ4n) is 7.60. The summed E-state index contributed by atoms with van der Waals surface area (Å²) in [5.41, 5.74) is -5.75. The third-order valence-corrected chi connectivity index (χ3v) is 9.08. The largest absolute Gasteiger partial charge is 0.509 e. The van der Waals surface area contributed by atoms with Crippen LogP contribution in [-0.2, 0) is 19.1 Å². The Bertz CT molecular complexity index is 956. The van der Waals surface area contributed by atoms with Crippen molar-refractivity contribution in [1.82, 2.24) is 0 Å². The van der Waals surface area contributed by atoms with Gasteiger partial charge in [-0.1, -0.05) is 25.5 Å². The summed E-state index contributed by atoms with van der Waals surface area (Å²) in [6.45, 7) is 8.36. The number of halogens is 1. The zero-order valence-electron chi connectivity index (χ0n) is 19.8. The Morgan fingerprint density at radius 2 is 1.91 bits per heavy atom. The number of allylic oxidation sites excluding steroid dienone is 4. The Labute approximate surface area is 193 Å². The van der Waals surface area contributed by atoms with Gasteiger partial charge in [-0.25, -0.2) is 14.0 Å². The van der Waals surface area contributed by atoms with Gasteiger partial charge in [-0.15, -0.1) is 0 Å².